The van der Waals surface area contributed by atoms with Crippen LogP contribution in [0.5, 0.6) is 0 Å². The van der Waals surface area contributed by atoms with Crippen molar-refractivity contribution in [1.29, 1.82) is 0 Å². The molecule has 7 rings (SSSR count). The van der Waals surface area contributed by atoms with E-state index >= 15 is 0 Å². The van der Waals surface area contributed by atoms with E-state index in [2.05, 4.69) is 53.8 Å². The Bertz CT molecular complexity index is 1850. The molecule has 0 aliphatic heterocycles. The molecule has 188 valence electrons. The van der Waals surface area contributed by atoms with Crippen LogP contribution in [0, 0.1) is 0 Å². The number of nitrogens with one attached hydrogen (secondary N) is 1. The van der Waals surface area contributed by atoms with Crippen molar-refractivity contribution in [3.8, 4) is 22.3 Å². The molecule has 1 aliphatic rings. The highest BCUT2D eigenvalue weighted by Crippen LogP contribution is 2.45. The number of amides is 1. The number of nitrogen functional groups attached to an aromatic ring is 1. The fourth-order valence-electron chi connectivity index (χ4n) is 5.96. The SMILES string of the molecule is Nc1ccc2ccccc2c1-c1c(NC(=O)OCC2c3ccccc3-c3ccccc32)ccc2ccccc12. The van der Waals surface area contributed by atoms with E-state index in [4.69, 9.17) is 10.5 Å². The Balaban J connectivity index is 1.25. The molecule has 1 amide bonds. The first kappa shape index (κ1) is 23.1. The van der Waals surface area contributed by atoms with E-state index in [1.165, 1.54) is 22.3 Å². The van der Waals surface area contributed by atoms with Gasteiger partial charge in [0, 0.05) is 22.7 Å². The van der Waals surface area contributed by atoms with Crippen molar-refractivity contribution in [3.05, 3.63) is 132 Å². The summed E-state index contributed by atoms with van der Waals surface area (Å²) in [4.78, 5) is 13.3. The van der Waals surface area contributed by atoms with Crippen molar-refractivity contribution >= 4 is 39.0 Å². The van der Waals surface area contributed by atoms with Crippen molar-refractivity contribution in [2.45, 2.75) is 5.92 Å². The summed E-state index contributed by atoms with van der Waals surface area (Å²) in [6.45, 7) is 0.249. The lowest BCUT2D eigenvalue weighted by Crippen LogP contribution is -2.18. The van der Waals surface area contributed by atoms with Gasteiger partial charge in [-0.05, 0) is 55.9 Å². The van der Waals surface area contributed by atoms with Crippen LogP contribution in [-0.2, 0) is 4.74 Å². The Labute approximate surface area is 226 Å². The fourth-order valence-corrected chi connectivity index (χ4v) is 5.96. The van der Waals surface area contributed by atoms with Gasteiger partial charge in [-0.25, -0.2) is 4.79 Å². The minimum Gasteiger partial charge on any atom is -0.448 e. The number of benzene rings is 6. The van der Waals surface area contributed by atoms with E-state index in [0.717, 1.165) is 32.7 Å². The van der Waals surface area contributed by atoms with Gasteiger partial charge in [0.25, 0.3) is 0 Å². The molecule has 0 saturated carbocycles. The predicted molar refractivity (Wildman–Crippen MR) is 160 cm³/mol. The van der Waals surface area contributed by atoms with Crippen LogP contribution in [0.3, 0.4) is 0 Å². The number of hydrogen-bond acceptors (Lipinski definition) is 3. The Morgan fingerprint density at radius 3 is 1.85 bits per heavy atom. The molecule has 4 nitrogen and oxygen atoms in total. The summed E-state index contributed by atoms with van der Waals surface area (Å²) < 4.78 is 5.88. The normalized spacial score (nSPS) is 12.3. The molecule has 6 aromatic carbocycles. The summed E-state index contributed by atoms with van der Waals surface area (Å²) >= 11 is 0. The molecule has 0 atom stereocenters. The summed E-state index contributed by atoms with van der Waals surface area (Å²) in [6, 6.07) is 40.9. The first-order chi connectivity index (χ1) is 19.2. The molecule has 0 spiro atoms. The van der Waals surface area contributed by atoms with Crippen molar-refractivity contribution in [1.82, 2.24) is 0 Å². The summed E-state index contributed by atoms with van der Waals surface area (Å²) in [5, 5.41) is 7.24. The van der Waals surface area contributed by atoms with Gasteiger partial charge >= 0.3 is 6.09 Å². The van der Waals surface area contributed by atoms with E-state index in [1.54, 1.807) is 0 Å². The van der Waals surface area contributed by atoms with Gasteiger partial charge in [0.05, 0.1) is 5.69 Å². The van der Waals surface area contributed by atoms with Crippen molar-refractivity contribution in [2.24, 2.45) is 0 Å². The second-order valence-electron chi connectivity index (χ2n) is 9.91. The summed E-state index contributed by atoms with van der Waals surface area (Å²) in [7, 11) is 0. The van der Waals surface area contributed by atoms with E-state index < -0.39 is 6.09 Å². The minimum absolute atomic E-state index is 0.00654. The Morgan fingerprint density at radius 2 is 1.18 bits per heavy atom. The van der Waals surface area contributed by atoms with Crippen LogP contribution < -0.4 is 11.1 Å². The fraction of sp³-hybridized carbons (Fsp3) is 0.0571. The van der Waals surface area contributed by atoms with Crippen LogP contribution in [0.2, 0.25) is 0 Å². The van der Waals surface area contributed by atoms with Gasteiger partial charge in [0.15, 0.2) is 0 Å². The average Bonchev–Trinajstić information content (AvgIpc) is 3.30. The summed E-state index contributed by atoms with van der Waals surface area (Å²) in [5.74, 6) is -0.00654. The highest BCUT2D eigenvalue weighted by Gasteiger charge is 2.29. The van der Waals surface area contributed by atoms with Crippen LogP contribution in [0.15, 0.2) is 121 Å². The molecule has 0 fully saturated rings. The third kappa shape index (κ3) is 3.89. The third-order valence-electron chi connectivity index (χ3n) is 7.72. The van der Waals surface area contributed by atoms with E-state index in [0.29, 0.717) is 11.4 Å². The van der Waals surface area contributed by atoms with Crippen molar-refractivity contribution < 1.29 is 9.53 Å². The standard InChI is InChI=1S/C35H26N2O2/c36-31-19-17-22-9-1-3-11-24(22)33(31)34-25-12-4-2-10-23(25)18-20-32(34)37-35(38)39-21-30-28-15-7-5-13-26(28)27-14-6-8-16-29(27)30/h1-20,30H,21,36H2,(H,37,38). The van der Waals surface area contributed by atoms with Crippen molar-refractivity contribution in [2.75, 3.05) is 17.7 Å². The number of anilines is 2. The van der Waals surface area contributed by atoms with Gasteiger partial charge in [0.2, 0.25) is 0 Å². The number of carbonyl (C=O) groups excluding carboxylic acids is 1. The molecular formula is C35H26N2O2. The quantitative estimate of drug-likeness (QED) is 0.235. The van der Waals surface area contributed by atoms with Crippen LogP contribution in [-0.4, -0.2) is 12.7 Å². The number of carbonyl (C=O) groups is 1. The van der Waals surface area contributed by atoms with Gasteiger partial charge in [-0.3, -0.25) is 5.32 Å². The highest BCUT2D eigenvalue weighted by atomic mass is 16.5. The summed E-state index contributed by atoms with van der Waals surface area (Å²) in [6.07, 6.45) is -0.493. The molecule has 0 heterocycles. The molecule has 4 heteroatoms. The summed E-state index contributed by atoms with van der Waals surface area (Å²) in [5.41, 5.74) is 14.5. The number of hydrogen-bond donors (Lipinski definition) is 2. The number of ether oxygens (including phenoxy) is 1. The monoisotopic (exact) mass is 506 g/mol. The van der Waals surface area contributed by atoms with Gasteiger partial charge < -0.3 is 10.5 Å². The first-order valence-corrected chi connectivity index (χ1v) is 13.1. The molecule has 0 unspecified atom stereocenters. The number of nitrogens with two attached hydrogens (primary N) is 1. The van der Waals surface area contributed by atoms with E-state index in [1.807, 2.05) is 72.8 Å². The molecule has 0 radical (unpaired) electrons. The topological polar surface area (TPSA) is 64.3 Å². The van der Waals surface area contributed by atoms with Crippen LogP contribution in [0.1, 0.15) is 17.0 Å². The van der Waals surface area contributed by atoms with Crippen molar-refractivity contribution in [3.63, 3.8) is 0 Å². The van der Waals surface area contributed by atoms with Gasteiger partial charge in [-0.1, -0.05) is 109 Å². The molecule has 0 saturated heterocycles. The van der Waals surface area contributed by atoms with E-state index in [-0.39, 0.29) is 12.5 Å². The second-order valence-corrected chi connectivity index (χ2v) is 9.91. The smallest absolute Gasteiger partial charge is 0.411 e. The molecule has 0 aromatic heterocycles. The highest BCUT2D eigenvalue weighted by molar-refractivity contribution is 6.14. The molecule has 0 bridgehead atoms. The van der Waals surface area contributed by atoms with Crippen LogP contribution >= 0.6 is 0 Å². The second kappa shape index (κ2) is 9.34. The zero-order chi connectivity index (χ0) is 26.3. The Morgan fingerprint density at radius 1 is 0.641 bits per heavy atom. The lowest BCUT2D eigenvalue weighted by molar-refractivity contribution is 0.158. The van der Waals surface area contributed by atoms with Crippen LogP contribution in [0.4, 0.5) is 16.2 Å². The maximum Gasteiger partial charge on any atom is 0.411 e. The molecular weight excluding hydrogens is 480 g/mol. The number of fused-ring (bicyclic) bond motifs is 5. The maximum absolute atomic E-state index is 13.3. The Kier molecular flexibility index (Phi) is 5.52. The largest absolute Gasteiger partial charge is 0.448 e. The molecule has 39 heavy (non-hydrogen) atoms. The molecule has 3 N–H and O–H groups in total. The maximum atomic E-state index is 13.3. The van der Waals surface area contributed by atoms with Crippen LogP contribution in [0.25, 0.3) is 43.8 Å². The lowest BCUT2D eigenvalue weighted by atomic mass is 9.91. The molecule has 6 aromatic rings. The average molecular weight is 507 g/mol. The molecule has 1 aliphatic carbocycles. The zero-order valence-electron chi connectivity index (χ0n) is 21.2. The first-order valence-electron chi connectivity index (χ1n) is 13.1. The van der Waals surface area contributed by atoms with Gasteiger partial charge in [-0.15, -0.1) is 0 Å². The van der Waals surface area contributed by atoms with E-state index in [9.17, 15) is 4.79 Å². The number of rotatable bonds is 4. The predicted octanol–water partition coefficient (Wildman–Crippen LogP) is 8.60. The third-order valence-corrected chi connectivity index (χ3v) is 7.72. The Hall–Kier alpha value is -5.09. The minimum atomic E-state index is -0.493. The lowest BCUT2D eigenvalue weighted by Gasteiger charge is -2.19. The zero-order valence-corrected chi connectivity index (χ0v) is 21.2. The van der Waals surface area contributed by atoms with Gasteiger partial charge in [0.1, 0.15) is 6.61 Å². The van der Waals surface area contributed by atoms with Gasteiger partial charge in [-0.2, -0.15) is 0 Å².